The van der Waals surface area contributed by atoms with Crippen LogP contribution in [0.25, 0.3) is 0 Å². The van der Waals surface area contributed by atoms with Crippen LogP contribution in [0.2, 0.25) is 0 Å². The number of alkyl halides is 1. The van der Waals surface area contributed by atoms with Gasteiger partial charge in [-0.1, -0.05) is 28.9 Å². The van der Waals surface area contributed by atoms with Crippen molar-refractivity contribution in [2.24, 2.45) is 0 Å². The monoisotopic (exact) mass is 267 g/mol. The van der Waals surface area contributed by atoms with Gasteiger partial charge in [0.25, 0.3) is 0 Å². The Hall–Kier alpha value is -1.34. The SMILES string of the molecule is CCc1cc(CBr)c(C#N)c(C(=O)O)c1. The van der Waals surface area contributed by atoms with Crippen molar-refractivity contribution in [3.05, 3.63) is 34.4 Å². The molecule has 1 aromatic rings. The van der Waals surface area contributed by atoms with E-state index >= 15 is 0 Å². The van der Waals surface area contributed by atoms with Crippen LogP contribution in [-0.2, 0) is 11.8 Å². The van der Waals surface area contributed by atoms with Gasteiger partial charge in [-0.25, -0.2) is 4.79 Å². The number of halogens is 1. The number of rotatable bonds is 3. The van der Waals surface area contributed by atoms with Crippen LogP contribution in [0.5, 0.6) is 0 Å². The second-order valence-electron chi connectivity index (χ2n) is 3.08. The molecule has 0 unspecified atom stereocenters. The molecule has 0 radical (unpaired) electrons. The van der Waals surface area contributed by atoms with E-state index in [-0.39, 0.29) is 11.1 Å². The Morgan fingerprint density at radius 1 is 1.60 bits per heavy atom. The van der Waals surface area contributed by atoms with Crippen LogP contribution in [-0.4, -0.2) is 11.1 Å². The lowest BCUT2D eigenvalue weighted by molar-refractivity contribution is 0.0696. The first-order valence-electron chi connectivity index (χ1n) is 4.49. The number of benzene rings is 1. The zero-order valence-electron chi connectivity index (χ0n) is 8.25. The predicted octanol–water partition coefficient (Wildman–Crippen LogP) is 2.71. The molecule has 0 fully saturated rings. The molecule has 0 atom stereocenters. The summed E-state index contributed by atoms with van der Waals surface area (Å²) in [4.78, 5) is 11.0. The highest BCUT2D eigenvalue weighted by Gasteiger charge is 2.14. The fraction of sp³-hybridized carbons (Fsp3) is 0.273. The Balaban J connectivity index is 3.48. The first-order chi connectivity index (χ1) is 7.13. The third kappa shape index (κ3) is 2.37. The van der Waals surface area contributed by atoms with Gasteiger partial charge in [0.05, 0.1) is 11.1 Å². The highest BCUT2D eigenvalue weighted by molar-refractivity contribution is 9.08. The molecule has 4 heteroatoms. The van der Waals surface area contributed by atoms with Gasteiger partial charge in [0.15, 0.2) is 0 Å². The number of nitriles is 1. The molecule has 0 aliphatic rings. The van der Waals surface area contributed by atoms with Gasteiger partial charge >= 0.3 is 5.97 Å². The van der Waals surface area contributed by atoms with Crippen molar-refractivity contribution in [2.75, 3.05) is 0 Å². The number of carboxylic acid groups (broad SMARTS) is 1. The summed E-state index contributed by atoms with van der Waals surface area (Å²) in [6.45, 7) is 1.95. The number of hydrogen-bond acceptors (Lipinski definition) is 2. The molecule has 0 amide bonds. The largest absolute Gasteiger partial charge is 0.478 e. The Kier molecular flexibility index (Phi) is 3.87. The number of carboxylic acids is 1. The van der Waals surface area contributed by atoms with Gasteiger partial charge in [-0.3, -0.25) is 0 Å². The smallest absolute Gasteiger partial charge is 0.337 e. The minimum Gasteiger partial charge on any atom is -0.478 e. The lowest BCUT2D eigenvalue weighted by atomic mass is 9.98. The van der Waals surface area contributed by atoms with Crippen molar-refractivity contribution in [1.29, 1.82) is 5.26 Å². The first kappa shape index (κ1) is 11.7. The molecule has 0 heterocycles. The molecule has 1 aromatic carbocycles. The summed E-state index contributed by atoms with van der Waals surface area (Å²) in [7, 11) is 0. The van der Waals surface area contributed by atoms with E-state index < -0.39 is 5.97 Å². The molecular formula is C11H10BrNO2. The maximum absolute atomic E-state index is 11.0. The third-order valence-electron chi connectivity index (χ3n) is 2.17. The fourth-order valence-electron chi connectivity index (χ4n) is 1.38. The Morgan fingerprint density at radius 2 is 2.27 bits per heavy atom. The number of aryl methyl sites for hydroxylation is 1. The molecule has 0 aromatic heterocycles. The molecule has 15 heavy (non-hydrogen) atoms. The van der Waals surface area contributed by atoms with Crippen molar-refractivity contribution in [3.63, 3.8) is 0 Å². The van der Waals surface area contributed by atoms with Gasteiger partial charge in [0.1, 0.15) is 6.07 Å². The molecule has 3 nitrogen and oxygen atoms in total. The molecular weight excluding hydrogens is 258 g/mol. The van der Waals surface area contributed by atoms with E-state index in [9.17, 15) is 4.79 Å². The number of nitrogens with zero attached hydrogens (tertiary/aromatic N) is 1. The zero-order chi connectivity index (χ0) is 11.4. The molecule has 1 N–H and O–H groups in total. The molecule has 0 saturated heterocycles. The van der Waals surface area contributed by atoms with Gasteiger partial charge in [0.2, 0.25) is 0 Å². The Labute approximate surface area is 96.5 Å². The number of aromatic carboxylic acids is 1. The number of carbonyl (C=O) groups is 1. The highest BCUT2D eigenvalue weighted by atomic mass is 79.9. The molecule has 0 aliphatic carbocycles. The van der Waals surface area contributed by atoms with Gasteiger partial charge in [-0.2, -0.15) is 5.26 Å². The number of hydrogen-bond donors (Lipinski definition) is 1. The van der Waals surface area contributed by atoms with Crippen molar-refractivity contribution < 1.29 is 9.90 Å². The van der Waals surface area contributed by atoms with E-state index in [1.54, 1.807) is 6.07 Å². The van der Waals surface area contributed by atoms with Crippen LogP contribution in [0.15, 0.2) is 12.1 Å². The van der Waals surface area contributed by atoms with Gasteiger partial charge in [-0.05, 0) is 23.6 Å². The molecule has 78 valence electrons. The van der Waals surface area contributed by atoms with E-state index in [0.717, 1.165) is 17.5 Å². The van der Waals surface area contributed by atoms with Gasteiger partial charge in [-0.15, -0.1) is 0 Å². The lowest BCUT2D eigenvalue weighted by Gasteiger charge is -2.07. The minimum absolute atomic E-state index is 0.0892. The second-order valence-corrected chi connectivity index (χ2v) is 3.64. The Bertz CT molecular complexity index is 435. The summed E-state index contributed by atoms with van der Waals surface area (Å²) in [5, 5.41) is 18.4. The fourth-order valence-corrected chi connectivity index (χ4v) is 1.82. The quantitative estimate of drug-likeness (QED) is 0.857. The van der Waals surface area contributed by atoms with Gasteiger partial charge < -0.3 is 5.11 Å². The molecule has 1 rings (SSSR count). The molecule has 0 spiro atoms. The topological polar surface area (TPSA) is 61.1 Å². The summed E-state index contributed by atoms with van der Waals surface area (Å²) >= 11 is 3.25. The summed E-state index contributed by atoms with van der Waals surface area (Å²) in [6.07, 6.45) is 0.756. The molecule has 0 bridgehead atoms. The van der Waals surface area contributed by atoms with E-state index in [1.807, 2.05) is 19.1 Å². The van der Waals surface area contributed by atoms with E-state index in [4.69, 9.17) is 10.4 Å². The van der Waals surface area contributed by atoms with Crippen LogP contribution in [0.1, 0.15) is 34.0 Å². The van der Waals surface area contributed by atoms with E-state index in [1.165, 1.54) is 0 Å². The van der Waals surface area contributed by atoms with Crippen LogP contribution in [0.4, 0.5) is 0 Å². The van der Waals surface area contributed by atoms with Crippen LogP contribution >= 0.6 is 15.9 Å². The normalized spacial score (nSPS) is 9.67. The maximum atomic E-state index is 11.0. The van der Waals surface area contributed by atoms with Crippen molar-refractivity contribution in [3.8, 4) is 6.07 Å². The standard InChI is InChI=1S/C11H10BrNO2/c1-2-7-3-8(5-12)10(6-13)9(4-7)11(14)15/h3-4H,2,5H2,1H3,(H,14,15). The summed E-state index contributed by atoms with van der Waals surface area (Å²) in [6, 6.07) is 5.36. The molecule has 0 saturated carbocycles. The molecule has 0 aliphatic heterocycles. The second kappa shape index (κ2) is 4.94. The van der Waals surface area contributed by atoms with Crippen LogP contribution in [0.3, 0.4) is 0 Å². The van der Waals surface area contributed by atoms with E-state index in [0.29, 0.717) is 5.33 Å². The predicted molar refractivity (Wildman–Crippen MR) is 60.1 cm³/mol. The maximum Gasteiger partial charge on any atom is 0.337 e. The zero-order valence-corrected chi connectivity index (χ0v) is 9.84. The van der Waals surface area contributed by atoms with Crippen molar-refractivity contribution in [1.82, 2.24) is 0 Å². The van der Waals surface area contributed by atoms with Gasteiger partial charge in [0, 0.05) is 5.33 Å². The lowest BCUT2D eigenvalue weighted by Crippen LogP contribution is -2.04. The summed E-state index contributed by atoms with van der Waals surface area (Å²) in [5.74, 6) is -1.05. The van der Waals surface area contributed by atoms with E-state index in [2.05, 4.69) is 15.9 Å². The van der Waals surface area contributed by atoms with Crippen LogP contribution in [0, 0.1) is 11.3 Å². The highest BCUT2D eigenvalue weighted by Crippen LogP contribution is 2.20. The van der Waals surface area contributed by atoms with Crippen molar-refractivity contribution >= 4 is 21.9 Å². The van der Waals surface area contributed by atoms with Crippen LogP contribution < -0.4 is 0 Å². The van der Waals surface area contributed by atoms with Crippen molar-refractivity contribution in [2.45, 2.75) is 18.7 Å². The average molecular weight is 268 g/mol. The first-order valence-corrected chi connectivity index (χ1v) is 5.61. The Morgan fingerprint density at radius 3 is 2.67 bits per heavy atom. The summed E-state index contributed by atoms with van der Waals surface area (Å²) < 4.78 is 0. The summed E-state index contributed by atoms with van der Waals surface area (Å²) in [5.41, 5.74) is 2.00. The third-order valence-corrected chi connectivity index (χ3v) is 2.78. The minimum atomic E-state index is -1.05. The average Bonchev–Trinajstić information content (AvgIpc) is 2.26.